The number of para-hydroxylation sites is 1. The van der Waals surface area contributed by atoms with Crippen molar-refractivity contribution in [1.82, 2.24) is 4.31 Å². The van der Waals surface area contributed by atoms with Crippen LogP contribution in [0.15, 0.2) is 65.8 Å². The minimum absolute atomic E-state index is 0.00194. The van der Waals surface area contributed by atoms with E-state index in [0.717, 1.165) is 4.41 Å². The molecule has 0 saturated carbocycles. The third-order valence-corrected chi connectivity index (χ3v) is 4.78. The van der Waals surface area contributed by atoms with Crippen LogP contribution in [0.3, 0.4) is 0 Å². The lowest BCUT2D eigenvalue weighted by Crippen LogP contribution is -2.42. The van der Waals surface area contributed by atoms with E-state index >= 15 is 0 Å². The maximum atomic E-state index is 12.8. The molecule has 0 N–H and O–H groups in total. The van der Waals surface area contributed by atoms with E-state index in [1.54, 1.807) is 67.6 Å². The number of amides is 1. The molecule has 3 rings (SSSR count). The van der Waals surface area contributed by atoms with E-state index < -0.39 is 16.3 Å². The van der Waals surface area contributed by atoms with Crippen molar-refractivity contribution in [3.05, 3.63) is 66.2 Å². The van der Waals surface area contributed by atoms with Gasteiger partial charge in [-0.05, 0) is 19.1 Å². The molecule has 0 fully saturated rings. The molecule has 0 atom stereocenters. The molecule has 2 aromatic carbocycles. The van der Waals surface area contributed by atoms with E-state index in [4.69, 9.17) is 4.74 Å². The number of benzene rings is 2. The van der Waals surface area contributed by atoms with Crippen molar-refractivity contribution in [2.45, 2.75) is 6.92 Å². The zero-order chi connectivity index (χ0) is 17.2. The molecule has 7 nitrogen and oxygen atoms in total. The van der Waals surface area contributed by atoms with Gasteiger partial charge in [-0.2, -0.15) is 8.42 Å². The van der Waals surface area contributed by atoms with E-state index in [9.17, 15) is 13.2 Å². The monoisotopic (exact) mass is 345 g/mol. The van der Waals surface area contributed by atoms with Crippen LogP contribution in [-0.2, 0) is 14.9 Å². The van der Waals surface area contributed by atoms with Crippen molar-refractivity contribution < 1.29 is 17.9 Å². The van der Waals surface area contributed by atoms with Crippen molar-refractivity contribution in [3.63, 3.8) is 0 Å². The summed E-state index contributed by atoms with van der Waals surface area (Å²) in [5.41, 5.74) is 0.824. The van der Waals surface area contributed by atoms with Crippen LogP contribution in [0.1, 0.15) is 12.5 Å². The van der Waals surface area contributed by atoms with Crippen molar-refractivity contribution in [2.75, 3.05) is 11.0 Å². The number of anilines is 1. The summed E-state index contributed by atoms with van der Waals surface area (Å²) in [6.45, 7) is 1.66. The molecule has 0 saturated heterocycles. The average Bonchev–Trinajstić information content (AvgIpc) is 2.88. The first-order valence-corrected chi connectivity index (χ1v) is 8.67. The molecule has 0 aromatic heterocycles. The third kappa shape index (κ3) is 2.71. The Balaban J connectivity index is 2.13. The molecule has 1 aliphatic rings. The van der Waals surface area contributed by atoms with Gasteiger partial charge in [-0.3, -0.25) is 0 Å². The van der Waals surface area contributed by atoms with Crippen molar-refractivity contribution in [2.24, 2.45) is 5.10 Å². The van der Waals surface area contributed by atoms with E-state index in [0.29, 0.717) is 15.6 Å². The number of hydrogen-bond donors (Lipinski definition) is 0. The minimum atomic E-state index is -4.21. The number of carbonyl (C=O) groups excluding carboxylic acids is 1. The highest BCUT2D eigenvalue weighted by Crippen LogP contribution is 2.29. The maximum Gasteiger partial charge on any atom is 0.431 e. The molecular formula is C16H15N3O4S. The second-order valence-electron chi connectivity index (χ2n) is 4.84. The Morgan fingerprint density at radius 1 is 1.04 bits per heavy atom. The number of hydrazone groups is 1. The van der Waals surface area contributed by atoms with Gasteiger partial charge in [0.1, 0.15) is 0 Å². The van der Waals surface area contributed by atoms with Gasteiger partial charge in [-0.25, -0.2) is 4.79 Å². The number of rotatable bonds is 3. The summed E-state index contributed by atoms with van der Waals surface area (Å²) in [5.74, 6) is -0.00194. The number of hydrogen-bond acceptors (Lipinski definition) is 5. The first-order valence-electron chi connectivity index (χ1n) is 7.27. The lowest BCUT2D eigenvalue weighted by atomic mass is 10.2. The second-order valence-corrected chi connectivity index (χ2v) is 6.45. The minimum Gasteiger partial charge on any atom is -0.449 e. The lowest BCUT2D eigenvalue weighted by Gasteiger charge is -2.18. The summed E-state index contributed by atoms with van der Waals surface area (Å²) >= 11 is 0. The standard InChI is InChI=1S/C16H15N3O4S/c1-2-23-16(20)18-15(13-9-5-3-6-10-13)17-19(24(18,21)22)14-11-7-4-8-12-14/h3-12H,2H2,1H3. The highest BCUT2D eigenvalue weighted by atomic mass is 32.2. The fourth-order valence-corrected chi connectivity index (χ4v) is 3.56. The molecule has 8 heteroatoms. The fourth-order valence-electron chi connectivity index (χ4n) is 2.24. The van der Waals surface area contributed by atoms with E-state index in [1.807, 2.05) is 0 Å². The highest BCUT2D eigenvalue weighted by Gasteiger charge is 2.45. The Morgan fingerprint density at radius 2 is 1.62 bits per heavy atom. The van der Waals surface area contributed by atoms with Crippen LogP contribution in [0, 0.1) is 0 Å². The quantitative estimate of drug-likeness (QED) is 0.856. The van der Waals surface area contributed by atoms with Gasteiger partial charge in [-0.15, -0.1) is 13.8 Å². The molecule has 2 aromatic rings. The molecule has 0 radical (unpaired) electrons. The molecule has 0 spiro atoms. The van der Waals surface area contributed by atoms with E-state index in [1.165, 1.54) is 0 Å². The first-order chi connectivity index (χ1) is 11.6. The van der Waals surface area contributed by atoms with Crippen molar-refractivity contribution in [3.8, 4) is 0 Å². The predicted octanol–water partition coefficient (Wildman–Crippen LogP) is 2.57. The number of carbonyl (C=O) groups is 1. The summed E-state index contributed by atoms with van der Waals surface area (Å²) < 4.78 is 32.0. The van der Waals surface area contributed by atoms with Gasteiger partial charge in [0.15, 0.2) is 5.84 Å². The molecule has 0 aliphatic carbocycles. The summed E-state index contributed by atoms with van der Waals surface area (Å²) in [7, 11) is -4.21. The smallest absolute Gasteiger partial charge is 0.431 e. The van der Waals surface area contributed by atoms with Crippen LogP contribution in [-0.4, -0.2) is 31.3 Å². The summed E-state index contributed by atoms with van der Waals surface area (Å²) in [5, 5.41) is 4.15. The van der Waals surface area contributed by atoms with Crippen molar-refractivity contribution >= 4 is 27.8 Å². The van der Waals surface area contributed by atoms with Crippen LogP contribution in [0.25, 0.3) is 0 Å². The molecular weight excluding hydrogens is 330 g/mol. The summed E-state index contributed by atoms with van der Waals surface area (Å²) in [6, 6.07) is 16.9. The Hall–Kier alpha value is -2.87. The number of ether oxygens (including phenoxy) is 1. The molecule has 0 bridgehead atoms. The maximum absolute atomic E-state index is 12.8. The highest BCUT2D eigenvalue weighted by molar-refractivity contribution is 7.91. The Kier molecular flexibility index (Phi) is 4.22. The third-order valence-electron chi connectivity index (χ3n) is 3.27. The molecule has 124 valence electrons. The van der Waals surface area contributed by atoms with Crippen LogP contribution in [0.2, 0.25) is 0 Å². The second kappa shape index (κ2) is 6.32. The zero-order valence-electron chi connectivity index (χ0n) is 12.9. The fraction of sp³-hybridized carbons (Fsp3) is 0.125. The summed E-state index contributed by atoms with van der Waals surface area (Å²) in [4.78, 5) is 12.2. The average molecular weight is 345 g/mol. The summed E-state index contributed by atoms with van der Waals surface area (Å²) in [6.07, 6.45) is -0.987. The van der Waals surface area contributed by atoms with Gasteiger partial charge in [0.2, 0.25) is 0 Å². The number of nitrogens with zero attached hydrogens (tertiary/aromatic N) is 3. The molecule has 1 amide bonds. The van der Waals surface area contributed by atoms with Gasteiger partial charge in [0.05, 0.1) is 12.3 Å². The van der Waals surface area contributed by atoms with Crippen molar-refractivity contribution in [1.29, 1.82) is 0 Å². The van der Waals surface area contributed by atoms with Gasteiger partial charge in [0.25, 0.3) is 0 Å². The van der Waals surface area contributed by atoms with Crippen LogP contribution in [0.4, 0.5) is 10.5 Å². The number of amidine groups is 1. The van der Waals surface area contributed by atoms with Gasteiger partial charge in [0, 0.05) is 5.56 Å². The molecule has 1 aliphatic heterocycles. The van der Waals surface area contributed by atoms with E-state index in [-0.39, 0.29) is 12.4 Å². The predicted molar refractivity (Wildman–Crippen MR) is 89.7 cm³/mol. The van der Waals surface area contributed by atoms with Gasteiger partial charge in [-0.1, -0.05) is 48.5 Å². The van der Waals surface area contributed by atoms with Crippen LogP contribution >= 0.6 is 0 Å². The van der Waals surface area contributed by atoms with Crippen LogP contribution in [0.5, 0.6) is 0 Å². The first kappa shape index (κ1) is 16.0. The topological polar surface area (TPSA) is 79.3 Å². The zero-order valence-corrected chi connectivity index (χ0v) is 13.7. The Labute approximate surface area is 139 Å². The Morgan fingerprint density at radius 3 is 2.21 bits per heavy atom. The van der Waals surface area contributed by atoms with Gasteiger partial charge < -0.3 is 4.74 Å². The van der Waals surface area contributed by atoms with Crippen LogP contribution < -0.4 is 4.41 Å². The molecule has 1 heterocycles. The molecule has 24 heavy (non-hydrogen) atoms. The largest absolute Gasteiger partial charge is 0.449 e. The SMILES string of the molecule is CCOC(=O)N1C(c2ccccc2)=NN(c2ccccc2)S1(=O)=O. The lowest BCUT2D eigenvalue weighted by molar-refractivity contribution is 0.143. The molecule has 0 unspecified atom stereocenters. The van der Waals surface area contributed by atoms with Gasteiger partial charge >= 0.3 is 16.3 Å². The Bertz CT molecular complexity index is 867. The normalized spacial score (nSPS) is 16.0. The van der Waals surface area contributed by atoms with E-state index in [2.05, 4.69) is 5.10 Å².